The van der Waals surface area contributed by atoms with Crippen molar-refractivity contribution in [1.82, 2.24) is 0 Å². The minimum Gasteiger partial charge on any atom is -0.495 e. The van der Waals surface area contributed by atoms with E-state index in [1.807, 2.05) is 0 Å². The van der Waals surface area contributed by atoms with Crippen molar-refractivity contribution >= 4 is 50.3 Å². The summed E-state index contributed by atoms with van der Waals surface area (Å²) in [5, 5.41) is 0. The Morgan fingerprint density at radius 1 is 1.08 bits per heavy atom. The first-order chi connectivity index (χ1) is 12.7. The second-order valence-corrected chi connectivity index (χ2v) is 9.41. The van der Waals surface area contributed by atoms with Crippen LogP contribution < -0.4 is 4.18 Å². The van der Waals surface area contributed by atoms with Crippen LogP contribution in [0.4, 0.5) is 0 Å². The normalized spacial score (nSPS) is 25.3. The lowest BCUT2D eigenvalue weighted by atomic mass is 9.69. The molecule has 2 atom stereocenters. The number of methoxy groups -OCH3 is 1. The van der Waals surface area contributed by atoms with E-state index in [9.17, 15) is 0 Å². The highest BCUT2D eigenvalue weighted by atomic mass is 79.9. The van der Waals surface area contributed by atoms with Gasteiger partial charge in [-0.2, -0.15) is 0 Å². The monoisotopic (exact) mass is 498 g/mol. The van der Waals surface area contributed by atoms with Gasteiger partial charge < -0.3 is 8.92 Å². The standard InChI is InChI=1S/C21H24Br2O2S/c1-24-20-16(22)10-12-6-2-4-8-14(12)18(20)19-15-9-5-3-7-13(15)11-17(23)21(19)25-26/h10-12,14,26H,2-9H2,1H3. The molecule has 0 radical (unpaired) electrons. The summed E-state index contributed by atoms with van der Waals surface area (Å²) in [7, 11) is 1.78. The van der Waals surface area contributed by atoms with Gasteiger partial charge in [-0.1, -0.05) is 18.9 Å². The van der Waals surface area contributed by atoms with Gasteiger partial charge in [0.2, 0.25) is 0 Å². The highest BCUT2D eigenvalue weighted by Gasteiger charge is 2.38. The molecular weight excluding hydrogens is 476 g/mol. The van der Waals surface area contributed by atoms with E-state index in [1.165, 1.54) is 60.8 Å². The summed E-state index contributed by atoms with van der Waals surface area (Å²) in [5.41, 5.74) is 5.41. The van der Waals surface area contributed by atoms with Gasteiger partial charge in [-0.05, 0) is 99.4 Å². The summed E-state index contributed by atoms with van der Waals surface area (Å²) >= 11 is 11.7. The molecule has 0 bridgehead atoms. The fraction of sp³-hybridized carbons (Fsp3) is 0.524. The van der Waals surface area contributed by atoms with Crippen LogP contribution in [0, 0.1) is 11.8 Å². The summed E-state index contributed by atoms with van der Waals surface area (Å²) in [6.07, 6.45) is 12.1. The van der Waals surface area contributed by atoms with Crippen LogP contribution in [0.15, 0.2) is 26.9 Å². The molecule has 0 spiro atoms. The molecule has 0 amide bonds. The quantitative estimate of drug-likeness (QED) is 0.356. The molecule has 1 aromatic rings. The molecule has 1 aromatic carbocycles. The van der Waals surface area contributed by atoms with Crippen LogP contribution in [-0.4, -0.2) is 7.11 Å². The zero-order valence-corrected chi connectivity index (χ0v) is 19.1. The predicted octanol–water partition coefficient (Wildman–Crippen LogP) is 7.01. The molecule has 0 aliphatic heterocycles. The van der Waals surface area contributed by atoms with Crippen molar-refractivity contribution in [3.8, 4) is 5.75 Å². The number of rotatable bonds is 3. The fourth-order valence-electron chi connectivity index (χ4n) is 5.01. The van der Waals surface area contributed by atoms with Gasteiger partial charge in [0.15, 0.2) is 5.75 Å². The molecule has 0 N–H and O–H groups in total. The molecule has 26 heavy (non-hydrogen) atoms. The van der Waals surface area contributed by atoms with Gasteiger partial charge in [0.1, 0.15) is 5.76 Å². The van der Waals surface area contributed by atoms with Crippen LogP contribution in [0.25, 0.3) is 5.57 Å². The van der Waals surface area contributed by atoms with Crippen LogP contribution in [-0.2, 0) is 17.6 Å². The highest BCUT2D eigenvalue weighted by molar-refractivity contribution is 9.12. The van der Waals surface area contributed by atoms with Crippen molar-refractivity contribution in [3.63, 3.8) is 0 Å². The molecule has 5 heteroatoms. The maximum absolute atomic E-state index is 5.92. The van der Waals surface area contributed by atoms with Gasteiger partial charge in [-0.25, -0.2) is 0 Å². The highest BCUT2D eigenvalue weighted by Crippen LogP contribution is 2.53. The van der Waals surface area contributed by atoms with Crippen molar-refractivity contribution in [2.45, 2.75) is 51.4 Å². The van der Waals surface area contributed by atoms with Crippen LogP contribution in [0.2, 0.25) is 0 Å². The molecule has 1 saturated carbocycles. The van der Waals surface area contributed by atoms with E-state index in [0.29, 0.717) is 11.8 Å². The number of ether oxygens (including phenoxy) is 1. The van der Waals surface area contributed by atoms with E-state index in [-0.39, 0.29) is 0 Å². The van der Waals surface area contributed by atoms with E-state index in [4.69, 9.17) is 8.92 Å². The molecule has 0 heterocycles. The molecule has 4 rings (SSSR count). The maximum atomic E-state index is 5.92. The van der Waals surface area contributed by atoms with Crippen molar-refractivity contribution in [2.24, 2.45) is 11.8 Å². The Hall–Kier alpha value is -0.390. The molecule has 2 unspecified atom stereocenters. The van der Waals surface area contributed by atoms with Gasteiger partial charge in [0.25, 0.3) is 0 Å². The largest absolute Gasteiger partial charge is 0.495 e. The van der Waals surface area contributed by atoms with E-state index in [1.54, 1.807) is 7.11 Å². The number of thiol groups is 1. The number of halogens is 2. The Morgan fingerprint density at radius 2 is 1.85 bits per heavy atom. The van der Waals surface area contributed by atoms with Crippen LogP contribution in [0.5, 0.6) is 5.75 Å². The van der Waals surface area contributed by atoms with Gasteiger partial charge in [0, 0.05) is 24.0 Å². The third-order valence-corrected chi connectivity index (χ3v) is 7.53. The molecule has 140 valence electrons. The minimum absolute atomic E-state index is 0.488. The van der Waals surface area contributed by atoms with E-state index < -0.39 is 0 Å². The lowest BCUT2D eigenvalue weighted by Gasteiger charge is -2.38. The number of hydrogen-bond donors (Lipinski definition) is 1. The Balaban J connectivity index is 2.00. The van der Waals surface area contributed by atoms with Crippen LogP contribution >= 0.6 is 44.8 Å². The lowest BCUT2D eigenvalue weighted by molar-refractivity contribution is 0.281. The molecule has 3 aliphatic carbocycles. The van der Waals surface area contributed by atoms with Gasteiger partial charge in [-0.15, -0.1) is 0 Å². The van der Waals surface area contributed by atoms with E-state index >= 15 is 0 Å². The third-order valence-electron chi connectivity index (χ3n) is 6.13. The summed E-state index contributed by atoms with van der Waals surface area (Å²) in [6, 6.07) is 2.22. The molecular formula is C21H24Br2O2S. The van der Waals surface area contributed by atoms with Crippen molar-refractivity contribution < 1.29 is 8.92 Å². The van der Waals surface area contributed by atoms with E-state index in [2.05, 4.69) is 56.9 Å². The van der Waals surface area contributed by atoms with Crippen LogP contribution in [0.1, 0.15) is 55.2 Å². The average Bonchev–Trinajstić information content (AvgIpc) is 2.66. The first kappa shape index (κ1) is 18.9. The first-order valence-corrected chi connectivity index (χ1v) is 11.4. The second kappa shape index (κ2) is 7.92. The van der Waals surface area contributed by atoms with Crippen LogP contribution in [0.3, 0.4) is 0 Å². The fourth-order valence-corrected chi connectivity index (χ4v) is 6.59. The first-order valence-electron chi connectivity index (χ1n) is 9.47. The molecule has 0 aromatic heterocycles. The topological polar surface area (TPSA) is 18.5 Å². The predicted molar refractivity (Wildman–Crippen MR) is 117 cm³/mol. The Labute approximate surface area is 178 Å². The van der Waals surface area contributed by atoms with Crippen molar-refractivity contribution in [3.05, 3.63) is 43.5 Å². The average molecular weight is 500 g/mol. The molecule has 0 saturated heterocycles. The zero-order chi connectivity index (χ0) is 18.3. The lowest BCUT2D eigenvalue weighted by Crippen LogP contribution is -2.25. The summed E-state index contributed by atoms with van der Waals surface area (Å²) < 4.78 is 13.6. The van der Waals surface area contributed by atoms with E-state index in [0.717, 1.165) is 33.3 Å². The minimum atomic E-state index is 0.488. The Morgan fingerprint density at radius 3 is 2.62 bits per heavy atom. The Bertz CT molecular complexity index is 785. The third kappa shape index (κ3) is 3.18. The number of benzene rings is 1. The smallest absolute Gasteiger partial charge is 0.159 e. The maximum Gasteiger partial charge on any atom is 0.159 e. The van der Waals surface area contributed by atoms with Crippen molar-refractivity contribution in [1.29, 1.82) is 0 Å². The van der Waals surface area contributed by atoms with Crippen molar-refractivity contribution in [2.75, 3.05) is 7.11 Å². The molecule has 3 aliphatic rings. The molecule has 2 nitrogen and oxygen atoms in total. The second-order valence-electron chi connectivity index (χ2n) is 7.51. The van der Waals surface area contributed by atoms with Gasteiger partial charge in [0.05, 0.1) is 16.1 Å². The summed E-state index contributed by atoms with van der Waals surface area (Å²) in [5.74, 6) is 2.86. The number of allylic oxidation sites excluding steroid dienone is 3. The molecule has 1 fully saturated rings. The van der Waals surface area contributed by atoms with Gasteiger partial charge >= 0.3 is 0 Å². The summed E-state index contributed by atoms with van der Waals surface area (Å²) in [4.78, 5) is 0. The number of hydrogen-bond acceptors (Lipinski definition) is 3. The van der Waals surface area contributed by atoms with Gasteiger partial charge in [-0.3, -0.25) is 0 Å². The number of aryl methyl sites for hydroxylation is 1. The number of fused-ring (bicyclic) bond motifs is 2. The summed E-state index contributed by atoms with van der Waals surface area (Å²) in [6.45, 7) is 0. The SMILES string of the molecule is COC1=C(c2c3c(cc(Br)c2OS)CCCC3)C2CCCCC2C=C1Br. The zero-order valence-electron chi connectivity index (χ0n) is 15.0. The Kier molecular flexibility index (Phi) is 5.77.